The molecule has 0 aliphatic carbocycles. The van der Waals surface area contributed by atoms with Crippen LogP contribution in [0.15, 0.2) is 30.3 Å². The number of carbonyl (C=O) groups is 1. The second-order valence-corrected chi connectivity index (χ2v) is 3.20. The van der Waals surface area contributed by atoms with Crippen LogP contribution in [-0.2, 0) is 4.79 Å². The molecule has 70 valence electrons. The zero-order valence-corrected chi connectivity index (χ0v) is 7.92. The number of benzene rings is 1. The highest BCUT2D eigenvalue weighted by Crippen LogP contribution is 2.24. The van der Waals surface area contributed by atoms with Crippen LogP contribution in [0.1, 0.15) is 0 Å². The van der Waals surface area contributed by atoms with Gasteiger partial charge in [0.1, 0.15) is 5.75 Å². The summed E-state index contributed by atoms with van der Waals surface area (Å²) >= 11 is 1.89. The smallest absolute Gasteiger partial charge is 0.396 e. The fourth-order valence-corrected chi connectivity index (χ4v) is 0.734. The summed E-state index contributed by atoms with van der Waals surface area (Å²) in [5.74, 6) is -1.54. The van der Waals surface area contributed by atoms with Crippen molar-refractivity contribution in [2.24, 2.45) is 0 Å². The number of ether oxygens (including phenoxy) is 1. The van der Waals surface area contributed by atoms with Crippen LogP contribution in [-0.4, -0.2) is 10.8 Å². The summed E-state index contributed by atoms with van der Waals surface area (Å²) in [5, 5.41) is 0. The van der Waals surface area contributed by atoms with Gasteiger partial charge >= 0.3 is 10.8 Å². The Hall–Kier alpha value is -0.970. The van der Waals surface area contributed by atoms with E-state index in [0.717, 1.165) is 0 Å². The van der Waals surface area contributed by atoms with E-state index in [9.17, 15) is 13.6 Å². The molecule has 0 atom stereocenters. The maximum atomic E-state index is 12.2. The highest BCUT2D eigenvalue weighted by Gasteiger charge is 2.37. The summed E-state index contributed by atoms with van der Waals surface area (Å²) in [6.45, 7) is 0. The minimum atomic E-state index is -3.64. The van der Waals surface area contributed by atoms with Gasteiger partial charge in [0.25, 0.3) is 0 Å². The van der Waals surface area contributed by atoms with E-state index in [1.54, 1.807) is 18.2 Å². The summed E-state index contributed by atoms with van der Waals surface area (Å²) < 4.78 is 28.8. The van der Waals surface area contributed by atoms with Gasteiger partial charge in [0, 0.05) is 15.9 Å². The predicted molar refractivity (Wildman–Crippen MR) is 46.0 cm³/mol. The lowest BCUT2D eigenvalue weighted by molar-refractivity contribution is -0.149. The molecule has 5 heteroatoms. The second kappa shape index (κ2) is 3.83. The average molecular weight is 251 g/mol. The van der Waals surface area contributed by atoms with Crippen LogP contribution in [0, 0.1) is 0 Å². The third kappa shape index (κ3) is 3.10. The molecule has 0 unspecified atom stereocenters. The van der Waals surface area contributed by atoms with Crippen molar-refractivity contribution in [2.75, 3.05) is 0 Å². The predicted octanol–water partition coefficient (Wildman–Crippen LogP) is 2.58. The molecule has 1 rings (SSSR count). The van der Waals surface area contributed by atoms with Gasteiger partial charge in [-0.1, -0.05) is 18.2 Å². The van der Waals surface area contributed by atoms with Crippen LogP contribution >= 0.6 is 15.9 Å². The molecule has 0 aromatic heterocycles. The van der Waals surface area contributed by atoms with Crippen molar-refractivity contribution in [3.05, 3.63) is 30.3 Å². The Bertz CT molecular complexity index is 295. The number of carbonyl (C=O) groups excluding carboxylic acids is 1. The molecule has 1 aromatic rings. The van der Waals surface area contributed by atoms with Crippen LogP contribution in [0.4, 0.5) is 8.78 Å². The van der Waals surface area contributed by atoms with Crippen molar-refractivity contribution in [2.45, 2.75) is 4.83 Å². The molecule has 0 radical (unpaired) electrons. The minimum Gasteiger partial charge on any atom is -0.421 e. The topological polar surface area (TPSA) is 26.3 Å². The number of alkyl halides is 3. The van der Waals surface area contributed by atoms with Gasteiger partial charge in [-0.3, -0.25) is 0 Å². The van der Waals surface area contributed by atoms with Gasteiger partial charge in [-0.05, 0) is 12.1 Å². The molecule has 1 aromatic carbocycles. The van der Waals surface area contributed by atoms with E-state index in [0.29, 0.717) is 0 Å². The van der Waals surface area contributed by atoms with Gasteiger partial charge in [-0.2, -0.15) is 8.78 Å². The lowest BCUT2D eigenvalue weighted by atomic mass is 10.3. The number of halogens is 3. The van der Waals surface area contributed by atoms with Crippen LogP contribution in [0.25, 0.3) is 0 Å². The van der Waals surface area contributed by atoms with Crippen molar-refractivity contribution in [1.29, 1.82) is 0 Å². The molecule has 0 saturated heterocycles. The summed E-state index contributed by atoms with van der Waals surface area (Å²) in [5.41, 5.74) is 0. The maximum absolute atomic E-state index is 12.2. The number of para-hydroxylation sites is 1. The van der Waals surface area contributed by atoms with Gasteiger partial charge in [0.05, 0.1) is 0 Å². The minimum absolute atomic E-state index is 0.0895. The molecule has 0 N–H and O–H groups in total. The van der Waals surface area contributed by atoms with E-state index < -0.39 is 10.8 Å². The fourth-order valence-electron chi connectivity index (χ4n) is 0.653. The number of hydrogen-bond acceptors (Lipinski definition) is 2. The normalized spacial score (nSPS) is 11.0. The molecule has 0 amide bonds. The molecule has 0 fully saturated rings. The Labute approximate surface area is 81.6 Å². The molecule has 0 saturated carbocycles. The summed E-state index contributed by atoms with van der Waals surface area (Å²) in [6, 6.07) is 7.67. The van der Waals surface area contributed by atoms with E-state index in [1.807, 2.05) is 15.9 Å². The molecule has 2 nitrogen and oxygen atoms in total. The molecule has 13 heavy (non-hydrogen) atoms. The highest BCUT2D eigenvalue weighted by molar-refractivity contribution is 9.10. The van der Waals surface area contributed by atoms with Gasteiger partial charge < -0.3 is 4.74 Å². The Morgan fingerprint density at radius 2 is 1.85 bits per heavy atom. The van der Waals surface area contributed by atoms with Crippen molar-refractivity contribution in [1.82, 2.24) is 0 Å². The van der Waals surface area contributed by atoms with Gasteiger partial charge in [-0.15, -0.1) is 0 Å². The number of rotatable bonds is 2. The Kier molecular flexibility index (Phi) is 2.98. The van der Waals surface area contributed by atoms with Crippen molar-refractivity contribution in [3.8, 4) is 5.75 Å². The largest absolute Gasteiger partial charge is 0.421 e. The standard InChI is InChI=1S/C8H5BrF2O2/c9-8(10,11)7(12)13-6-4-2-1-3-5-6/h1-5H. The molecular formula is C8H5BrF2O2. The Morgan fingerprint density at radius 1 is 1.31 bits per heavy atom. The highest BCUT2D eigenvalue weighted by atomic mass is 79.9. The van der Waals surface area contributed by atoms with Crippen molar-refractivity contribution in [3.63, 3.8) is 0 Å². The van der Waals surface area contributed by atoms with E-state index >= 15 is 0 Å². The first-order valence-electron chi connectivity index (χ1n) is 3.34. The fraction of sp³-hybridized carbons (Fsp3) is 0.125. The van der Waals surface area contributed by atoms with Crippen LogP contribution < -0.4 is 4.74 Å². The van der Waals surface area contributed by atoms with Gasteiger partial charge in [0.15, 0.2) is 0 Å². The van der Waals surface area contributed by atoms with Gasteiger partial charge in [-0.25, -0.2) is 4.79 Å². The van der Waals surface area contributed by atoms with Gasteiger partial charge in [0.2, 0.25) is 0 Å². The zero-order valence-electron chi connectivity index (χ0n) is 6.34. The molecule has 0 aliphatic rings. The first-order chi connectivity index (χ1) is 6.00. The average Bonchev–Trinajstić information content (AvgIpc) is 2.04. The second-order valence-electron chi connectivity index (χ2n) is 2.20. The zero-order chi connectivity index (χ0) is 9.90. The lowest BCUT2D eigenvalue weighted by Gasteiger charge is -2.07. The van der Waals surface area contributed by atoms with Crippen LogP contribution in [0.5, 0.6) is 5.75 Å². The summed E-state index contributed by atoms with van der Waals surface area (Å²) in [7, 11) is 0. The lowest BCUT2D eigenvalue weighted by Crippen LogP contribution is -2.26. The molecule has 0 heterocycles. The molecular weight excluding hydrogens is 246 g/mol. The maximum Gasteiger partial charge on any atom is 0.396 e. The van der Waals surface area contributed by atoms with E-state index in [1.165, 1.54) is 12.1 Å². The van der Waals surface area contributed by atoms with Crippen LogP contribution in [0.3, 0.4) is 0 Å². The van der Waals surface area contributed by atoms with Crippen molar-refractivity contribution >= 4 is 21.9 Å². The monoisotopic (exact) mass is 250 g/mol. The first-order valence-corrected chi connectivity index (χ1v) is 4.13. The summed E-state index contributed by atoms with van der Waals surface area (Å²) in [4.78, 5) is 6.98. The number of esters is 1. The third-order valence-corrected chi connectivity index (χ3v) is 1.51. The summed E-state index contributed by atoms with van der Waals surface area (Å²) in [6.07, 6.45) is 0. The molecule has 0 bridgehead atoms. The van der Waals surface area contributed by atoms with E-state index in [2.05, 4.69) is 4.74 Å². The number of hydrogen-bond donors (Lipinski definition) is 0. The van der Waals surface area contributed by atoms with Crippen LogP contribution in [0.2, 0.25) is 0 Å². The Morgan fingerprint density at radius 3 is 2.31 bits per heavy atom. The SMILES string of the molecule is O=C(Oc1ccccc1)C(F)(F)Br. The first kappa shape index (κ1) is 10.1. The molecule has 0 aliphatic heterocycles. The Balaban J connectivity index is 2.66. The van der Waals surface area contributed by atoms with E-state index in [4.69, 9.17) is 0 Å². The molecule has 0 spiro atoms. The van der Waals surface area contributed by atoms with E-state index in [-0.39, 0.29) is 5.75 Å². The quantitative estimate of drug-likeness (QED) is 0.458. The van der Waals surface area contributed by atoms with Crippen molar-refractivity contribution < 1.29 is 18.3 Å². The third-order valence-electron chi connectivity index (χ3n) is 1.19.